The molecule has 1 spiro atoms. The third-order valence-corrected chi connectivity index (χ3v) is 5.73. The van der Waals surface area contributed by atoms with Gasteiger partial charge in [0, 0.05) is 71.6 Å². The number of likely N-dealkylation sites (N-methyl/N-ethyl adjacent to an activating group) is 1. The number of amides is 2. The molecule has 9 nitrogen and oxygen atoms in total. The Hall–Kier alpha value is -2.42. The maximum atomic E-state index is 12.7. The van der Waals surface area contributed by atoms with Gasteiger partial charge in [-0.2, -0.15) is 0 Å². The van der Waals surface area contributed by atoms with Gasteiger partial charge in [0.05, 0.1) is 13.1 Å². The van der Waals surface area contributed by atoms with Crippen LogP contribution in [0.1, 0.15) is 12.8 Å². The first kappa shape index (κ1) is 18.0. The van der Waals surface area contributed by atoms with E-state index in [-0.39, 0.29) is 12.0 Å². The molecule has 3 fully saturated rings. The Morgan fingerprint density at radius 3 is 2.37 bits per heavy atom. The van der Waals surface area contributed by atoms with E-state index in [1.165, 1.54) is 0 Å². The molecule has 0 atom stereocenters. The summed E-state index contributed by atoms with van der Waals surface area (Å²) in [6.45, 7) is 5.66. The van der Waals surface area contributed by atoms with Crippen molar-refractivity contribution in [2.45, 2.75) is 18.4 Å². The van der Waals surface area contributed by atoms with Crippen LogP contribution in [0.25, 0.3) is 0 Å². The molecule has 1 aromatic heterocycles. The molecule has 0 aromatic carbocycles. The van der Waals surface area contributed by atoms with Crippen LogP contribution in [0.4, 0.5) is 10.7 Å². The van der Waals surface area contributed by atoms with Gasteiger partial charge < -0.3 is 19.4 Å². The Bertz CT molecular complexity index is 684. The highest BCUT2D eigenvalue weighted by Crippen LogP contribution is 2.32. The molecule has 4 rings (SSSR count). The molecule has 146 valence electrons. The first-order chi connectivity index (χ1) is 13.0. The molecule has 4 heterocycles. The number of hydrogen-bond donors (Lipinski definition) is 0. The fraction of sp³-hybridized carbons (Fsp3) is 0.667. The monoisotopic (exact) mass is 374 g/mol. The summed E-state index contributed by atoms with van der Waals surface area (Å²) < 4.78 is 5.56. The van der Waals surface area contributed by atoms with Gasteiger partial charge in [-0.25, -0.2) is 14.8 Å². The lowest BCUT2D eigenvalue weighted by molar-refractivity contribution is -0.135. The maximum Gasteiger partial charge on any atom is 0.410 e. The highest BCUT2D eigenvalue weighted by Gasteiger charge is 2.46. The minimum Gasteiger partial charge on any atom is -0.441 e. The summed E-state index contributed by atoms with van der Waals surface area (Å²) in [5.41, 5.74) is -0.399. The number of ether oxygens (including phenoxy) is 1. The largest absolute Gasteiger partial charge is 0.441 e. The lowest BCUT2D eigenvalue weighted by atomic mass is 9.91. The number of piperidine rings is 1. The summed E-state index contributed by atoms with van der Waals surface area (Å²) in [5, 5.41) is 0. The van der Waals surface area contributed by atoms with E-state index < -0.39 is 5.60 Å². The van der Waals surface area contributed by atoms with E-state index in [1.54, 1.807) is 24.3 Å². The van der Waals surface area contributed by atoms with Crippen molar-refractivity contribution >= 4 is 17.9 Å². The average molecular weight is 374 g/mol. The minimum atomic E-state index is -0.399. The summed E-state index contributed by atoms with van der Waals surface area (Å²) in [7, 11) is 1.76. The quantitative estimate of drug-likeness (QED) is 0.739. The number of rotatable bonds is 3. The molecule has 9 heteroatoms. The molecule has 27 heavy (non-hydrogen) atoms. The summed E-state index contributed by atoms with van der Waals surface area (Å²) >= 11 is 0. The van der Waals surface area contributed by atoms with Gasteiger partial charge in [0.1, 0.15) is 5.60 Å². The average Bonchev–Trinajstić information content (AvgIpc) is 2.96. The molecule has 0 radical (unpaired) electrons. The topological polar surface area (TPSA) is 82.1 Å². The van der Waals surface area contributed by atoms with Crippen molar-refractivity contribution < 1.29 is 14.3 Å². The minimum absolute atomic E-state index is 0.159. The zero-order chi connectivity index (χ0) is 18.9. The molecule has 0 bridgehead atoms. The number of hydrogen-bond acceptors (Lipinski definition) is 7. The molecular formula is C18H26N6O3. The van der Waals surface area contributed by atoms with Crippen molar-refractivity contribution in [1.29, 1.82) is 0 Å². The van der Waals surface area contributed by atoms with Gasteiger partial charge in [-0.3, -0.25) is 9.69 Å². The van der Waals surface area contributed by atoms with Gasteiger partial charge in [-0.1, -0.05) is 0 Å². The summed E-state index contributed by atoms with van der Waals surface area (Å²) in [6, 6.07) is 1.81. The first-order valence-corrected chi connectivity index (χ1v) is 9.51. The molecule has 0 N–H and O–H groups in total. The molecule has 3 aliphatic heterocycles. The van der Waals surface area contributed by atoms with Crippen molar-refractivity contribution in [3.8, 4) is 0 Å². The highest BCUT2D eigenvalue weighted by atomic mass is 16.6. The normalized spacial score (nSPS) is 23.0. The van der Waals surface area contributed by atoms with Gasteiger partial charge in [-0.15, -0.1) is 0 Å². The third-order valence-electron chi connectivity index (χ3n) is 5.73. The second-order valence-electron chi connectivity index (χ2n) is 7.60. The van der Waals surface area contributed by atoms with E-state index in [1.807, 2.05) is 11.0 Å². The fourth-order valence-corrected chi connectivity index (χ4v) is 4.07. The van der Waals surface area contributed by atoms with E-state index in [9.17, 15) is 9.59 Å². The molecule has 2 amide bonds. The lowest BCUT2D eigenvalue weighted by Crippen LogP contribution is -2.53. The molecular weight excluding hydrogens is 348 g/mol. The summed E-state index contributed by atoms with van der Waals surface area (Å²) in [6.07, 6.45) is 4.68. The highest BCUT2D eigenvalue weighted by molar-refractivity contribution is 5.78. The zero-order valence-electron chi connectivity index (χ0n) is 15.7. The number of piperazine rings is 1. The van der Waals surface area contributed by atoms with E-state index in [0.717, 1.165) is 32.1 Å². The lowest BCUT2D eigenvalue weighted by Gasteiger charge is -2.39. The Morgan fingerprint density at radius 1 is 1.11 bits per heavy atom. The van der Waals surface area contributed by atoms with Crippen LogP contribution >= 0.6 is 0 Å². The van der Waals surface area contributed by atoms with Crippen LogP contribution in [-0.2, 0) is 9.53 Å². The number of aromatic nitrogens is 2. The van der Waals surface area contributed by atoms with E-state index in [2.05, 4.69) is 19.8 Å². The molecule has 3 aliphatic rings. The van der Waals surface area contributed by atoms with Crippen LogP contribution in [0, 0.1) is 0 Å². The molecule has 0 aliphatic carbocycles. The van der Waals surface area contributed by atoms with E-state index >= 15 is 0 Å². The van der Waals surface area contributed by atoms with Crippen molar-refractivity contribution in [3.63, 3.8) is 0 Å². The predicted molar refractivity (Wildman–Crippen MR) is 98.3 cm³/mol. The van der Waals surface area contributed by atoms with Gasteiger partial charge >= 0.3 is 6.09 Å². The van der Waals surface area contributed by atoms with Crippen LogP contribution in [0.3, 0.4) is 0 Å². The Morgan fingerprint density at radius 2 is 1.78 bits per heavy atom. The maximum absolute atomic E-state index is 12.7. The molecule has 0 saturated carbocycles. The Kier molecular flexibility index (Phi) is 4.86. The number of nitrogens with zero attached hydrogens (tertiary/aromatic N) is 6. The summed E-state index contributed by atoms with van der Waals surface area (Å²) in [5.74, 6) is 0.910. The third kappa shape index (κ3) is 3.83. The Labute approximate surface area is 158 Å². The van der Waals surface area contributed by atoms with Crippen LogP contribution in [0.5, 0.6) is 0 Å². The molecule has 1 aromatic rings. The number of anilines is 1. The zero-order valence-corrected chi connectivity index (χ0v) is 15.7. The van der Waals surface area contributed by atoms with Gasteiger partial charge in [0.25, 0.3) is 0 Å². The van der Waals surface area contributed by atoms with E-state index in [0.29, 0.717) is 39.0 Å². The fourth-order valence-electron chi connectivity index (χ4n) is 4.07. The van der Waals surface area contributed by atoms with Crippen molar-refractivity contribution in [3.05, 3.63) is 18.5 Å². The molecule has 3 saturated heterocycles. The van der Waals surface area contributed by atoms with Crippen LogP contribution in [0.2, 0.25) is 0 Å². The second kappa shape index (κ2) is 7.30. The number of carbonyl (C=O) groups excluding carboxylic acids is 2. The van der Waals surface area contributed by atoms with E-state index in [4.69, 9.17) is 4.74 Å². The predicted octanol–water partition coefficient (Wildman–Crippen LogP) is 0.0418. The first-order valence-electron chi connectivity index (χ1n) is 9.51. The molecule has 0 unspecified atom stereocenters. The second-order valence-corrected chi connectivity index (χ2v) is 7.60. The Balaban J connectivity index is 1.23. The standard InChI is InChI=1S/C18H26N6O3/c1-21-14-18(27-17(21)26)3-7-23(8-4-18)15(25)13-22-9-11-24(12-10-22)16-19-5-2-6-20-16/h2,5-6H,3-4,7-14H2,1H3. The van der Waals surface area contributed by atoms with Gasteiger partial charge in [0.15, 0.2) is 0 Å². The number of carbonyl (C=O) groups is 2. The van der Waals surface area contributed by atoms with Crippen molar-refractivity contribution in [2.75, 3.05) is 64.3 Å². The van der Waals surface area contributed by atoms with Crippen LogP contribution in [0.15, 0.2) is 18.5 Å². The number of likely N-dealkylation sites (tertiary alicyclic amines) is 1. The van der Waals surface area contributed by atoms with Gasteiger partial charge in [0.2, 0.25) is 11.9 Å². The van der Waals surface area contributed by atoms with Crippen LogP contribution < -0.4 is 4.90 Å². The summed E-state index contributed by atoms with van der Waals surface area (Å²) in [4.78, 5) is 40.8. The van der Waals surface area contributed by atoms with Crippen LogP contribution in [-0.4, -0.2) is 102 Å². The van der Waals surface area contributed by atoms with Crippen molar-refractivity contribution in [2.24, 2.45) is 0 Å². The SMILES string of the molecule is CN1CC2(CCN(C(=O)CN3CCN(c4ncccn4)CC3)CC2)OC1=O. The van der Waals surface area contributed by atoms with Crippen molar-refractivity contribution in [1.82, 2.24) is 24.7 Å². The van der Waals surface area contributed by atoms with Gasteiger partial charge in [-0.05, 0) is 6.07 Å². The smallest absolute Gasteiger partial charge is 0.410 e.